The van der Waals surface area contributed by atoms with Gasteiger partial charge < -0.3 is 10.1 Å². The molecule has 0 unspecified atom stereocenters. The largest absolute Gasteiger partial charge is 0.489 e. The molecule has 1 saturated heterocycles. The van der Waals surface area contributed by atoms with E-state index in [1.54, 1.807) is 0 Å². The van der Waals surface area contributed by atoms with Crippen molar-refractivity contribution in [2.75, 3.05) is 6.54 Å². The molecule has 0 bridgehead atoms. The van der Waals surface area contributed by atoms with Gasteiger partial charge in [0, 0.05) is 12.6 Å². The first-order valence-corrected chi connectivity index (χ1v) is 6.65. The van der Waals surface area contributed by atoms with E-state index in [1.165, 1.54) is 12.0 Å². The van der Waals surface area contributed by atoms with E-state index in [2.05, 4.69) is 50.4 Å². The lowest BCUT2D eigenvalue weighted by molar-refractivity contribution is 0.152. The minimum atomic E-state index is 0.327. The second-order valence-corrected chi connectivity index (χ2v) is 5.35. The molecular formula is C15H23NO. The first-order chi connectivity index (χ1) is 8.15. The van der Waals surface area contributed by atoms with E-state index in [9.17, 15) is 0 Å². The van der Waals surface area contributed by atoms with E-state index in [0.29, 0.717) is 18.1 Å². The molecule has 17 heavy (non-hydrogen) atoms. The average molecular weight is 233 g/mol. The van der Waals surface area contributed by atoms with Crippen LogP contribution in [0.5, 0.6) is 5.75 Å². The van der Waals surface area contributed by atoms with E-state index >= 15 is 0 Å². The van der Waals surface area contributed by atoms with Crippen molar-refractivity contribution in [1.82, 2.24) is 5.32 Å². The van der Waals surface area contributed by atoms with Crippen LogP contribution in [0.15, 0.2) is 24.3 Å². The molecule has 1 aliphatic rings. The zero-order chi connectivity index (χ0) is 12.3. The van der Waals surface area contributed by atoms with Gasteiger partial charge in [-0.3, -0.25) is 0 Å². The summed E-state index contributed by atoms with van der Waals surface area (Å²) < 4.78 is 6.03. The van der Waals surface area contributed by atoms with Gasteiger partial charge in [-0.15, -0.1) is 0 Å². The molecule has 1 aromatic carbocycles. The van der Waals surface area contributed by atoms with Crippen molar-refractivity contribution in [3.05, 3.63) is 29.8 Å². The van der Waals surface area contributed by atoms with Crippen LogP contribution in [0.3, 0.4) is 0 Å². The molecule has 1 heterocycles. The molecule has 0 saturated carbocycles. The Labute approximate surface area is 104 Å². The molecule has 94 valence electrons. The number of hydrogen-bond acceptors (Lipinski definition) is 2. The molecule has 0 aliphatic carbocycles. The van der Waals surface area contributed by atoms with Gasteiger partial charge in [-0.05, 0) is 43.4 Å². The van der Waals surface area contributed by atoms with Gasteiger partial charge in [-0.1, -0.05) is 26.0 Å². The first kappa shape index (κ1) is 12.4. The van der Waals surface area contributed by atoms with Crippen molar-refractivity contribution in [3.63, 3.8) is 0 Å². The number of hydrogen-bond donors (Lipinski definition) is 1. The highest BCUT2D eigenvalue weighted by molar-refractivity contribution is 5.30. The Morgan fingerprint density at radius 3 is 2.76 bits per heavy atom. The quantitative estimate of drug-likeness (QED) is 0.864. The predicted octanol–water partition coefficient (Wildman–Crippen LogP) is 3.33. The topological polar surface area (TPSA) is 21.3 Å². The van der Waals surface area contributed by atoms with Crippen LogP contribution in [0, 0.1) is 0 Å². The highest BCUT2D eigenvalue weighted by Gasteiger charge is 2.18. The van der Waals surface area contributed by atoms with Gasteiger partial charge in [0.15, 0.2) is 0 Å². The maximum atomic E-state index is 6.03. The summed E-state index contributed by atoms with van der Waals surface area (Å²) in [6.07, 6.45) is 2.68. The summed E-state index contributed by atoms with van der Waals surface area (Å²) in [6.45, 7) is 7.62. The van der Waals surface area contributed by atoms with Crippen LogP contribution in [0.2, 0.25) is 0 Å². The molecule has 2 nitrogen and oxygen atoms in total. The number of benzene rings is 1. The van der Waals surface area contributed by atoms with Crippen LogP contribution in [0.25, 0.3) is 0 Å². The third-order valence-electron chi connectivity index (χ3n) is 3.44. The standard InChI is InChI=1S/C15H23NO/c1-11(2)13-5-4-6-14(9-13)17-15-8-7-12(3)16-10-15/h4-6,9,11-12,15-16H,7-8,10H2,1-3H3/t12-,15-/m1/s1. The lowest BCUT2D eigenvalue weighted by Crippen LogP contribution is -2.42. The van der Waals surface area contributed by atoms with E-state index in [4.69, 9.17) is 4.74 Å². The summed E-state index contributed by atoms with van der Waals surface area (Å²) in [4.78, 5) is 0. The fraction of sp³-hybridized carbons (Fsp3) is 0.600. The third-order valence-corrected chi connectivity index (χ3v) is 3.44. The van der Waals surface area contributed by atoms with Gasteiger partial charge in [-0.25, -0.2) is 0 Å². The monoisotopic (exact) mass is 233 g/mol. The second-order valence-electron chi connectivity index (χ2n) is 5.35. The van der Waals surface area contributed by atoms with Crippen molar-refractivity contribution < 1.29 is 4.74 Å². The zero-order valence-corrected chi connectivity index (χ0v) is 11.1. The Kier molecular flexibility index (Phi) is 4.06. The smallest absolute Gasteiger partial charge is 0.120 e. The van der Waals surface area contributed by atoms with Crippen molar-refractivity contribution in [2.45, 2.75) is 51.7 Å². The lowest BCUT2D eigenvalue weighted by Gasteiger charge is -2.28. The van der Waals surface area contributed by atoms with Crippen molar-refractivity contribution in [1.29, 1.82) is 0 Å². The van der Waals surface area contributed by atoms with Crippen molar-refractivity contribution >= 4 is 0 Å². The second kappa shape index (κ2) is 5.54. The van der Waals surface area contributed by atoms with E-state index < -0.39 is 0 Å². The summed E-state index contributed by atoms with van der Waals surface area (Å²) in [5, 5.41) is 3.46. The Bertz CT molecular complexity index is 354. The molecule has 1 fully saturated rings. The van der Waals surface area contributed by atoms with Gasteiger partial charge >= 0.3 is 0 Å². The molecule has 0 radical (unpaired) electrons. The first-order valence-electron chi connectivity index (χ1n) is 6.65. The van der Waals surface area contributed by atoms with Gasteiger partial charge in [-0.2, -0.15) is 0 Å². The molecule has 1 N–H and O–H groups in total. The van der Waals surface area contributed by atoms with Gasteiger partial charge in [0.25, 0.3) is 0 Å². The Hall–Kier alpha value is -1.02. The minimum absolute atomic E-state index is 0.327. The Balaban J connectivity index is 1.96. The Morgan fingerprint density at radius 1 is 1.29 bits per heavy atom. The molecule has 2 rings (SSSR count). The molecule has 0 aromatic heterocycles. The zero-order valence-electron chi connectivity index (χ0n) is 11.1. The number of rotatable bonds is 3. The van der Waals surface area contributed by atoms with Gasteiger partial charge in [0.05, 0.1) is 0 Å². The van der Waals surface area contributed by atoms with Crippen LogP contribution in [-0.4, -0.2) is 18.7 Å². The summed E-state index contributed by atoms with van der Waals surface area (Å²) in [5.41, 5.74) is 1.35. The molecular weight excluding hydrogens is 210 g/mol. The summed E-state index contributed by atoms with van der Waals surface area (Å²) in [6, 6.07) is 9.12. The summed E-state index contributed by atoms with van der Waals surface area (Å²) >= 11 is 0. The fourth-order valence-electron chi connectivity index (χ4n) is 2.21. The normalized spacial score (nSPS) is 24.9. The molecule has 1 aromatic rings. The fourth-order valence-corrected chi connectivity index (χ4v) is 2.21. The van der Waals surface area contributed by atoms with Crippen molar-refractivity contribution in [2.24, 2.45) is 0 Å². The highest BCUT2D eigenvalue weighted by Crippen LogP contribution is 2.22. The van der Waals surface area contributed by atoms with E-state index in [0.717, 1.165) is 18.7 Å². The number of ether oxygens (including phenoxy) is 1. The van der Waals surface area contributed by atoms with Crippen molar-refractivity contribution in [3.8, 4) is 5.75 Å². The minimum Gasteiger partial charge on any atom is -0.489 e. The maximum absolute atomic E-state index is 6.03. The molecule has 1 aliphatic heterocycles. The molecule has 0 spiro atoms. The number of piperidine rings is 1. The van der Waals surface area contributed by atoms with E-state index in [-0.39, 0.29) is 0 Å². The molecule has 0 amide bonds. The highest BCUT2D eigenvalue weighted by atomic mass is 16.5. The Morgan fingerprint density at radius 2 is 2.12 bits per heavy atom. The third kappa shape index (κ3) is 3.47. The molecule has 2 heteroatoms. The maximum Gasteiger partial charge on any atom is 0.120 e. The van der Waals surface area contributed by atoms with Crippen LogP contribution in [0.1, 0.15) is 45.1 Å². The lowest BCUT2D eigenvalue weighted by atomic mass is 10.0. The summed E-state index contributed by atoms with van der Waals surface area (Å²) in [5.74, 6) is 1.57. The van der Waals surface area contributed by atoms with Crippen LogP contribution >= 0.6 is 0 Å². The summed E-state index contributed by atoms with van der Waals surface area (Å²) in [7, 11) is 0. The average Bonchev–Trinajstić information content (AvgIpc) is 2.32. The predicted molar refractivity (Wildman–Crippen MR) is 71.6 cm³/mol. The van der Waals surface area contributed by atoms with Crippen LogP contribution in [-0.2, 0) is 0 Å². The number of nitrogens with one attached hydrogen (secondary N) is 1. The van der Waals surface area contributed by atoms with Crippen LogP contribution in [0.4, 0.5) is 0 Å². The molecule has 2 atom stereocenters. The van der Waals surface area contributed by atoms with Gasteiger partial charge in [0.1, 0.15) is 11.9 Å². The SMILES string of the molecule is CC(C)c1cccc(O[C@@H]2CC[C@@H](C)NC2)c1. The van der Waals surface area contributed by atoms with Gasteiger partial charge in [0.2, 0.25) is 0 Å². The van der Waals surface area contributed by atoms with Crippen LogP contribution < -0.4 is 10.1 Å². The van der Waals surface area contributed by atoms with E-state index in [1.807, 2.05) is 0 Å².